The molecule has 1 N–H and O–H groups in total. The van der Waals surface area contributed by atoms with E-state index < -0.39 is 21.9 Å². The number of nitrogens with one attached hydrogen (secondary N) is 1. The minimum absolute atomic E-state index is 0.0350. The second-order valence-corrected chi connectivity index (χ2v) is 8.18. The number of rotatable bonds is 5. The minimum atomic E-state index is -3.67. The number of benzene rings is 2. The van der Waals surface area contributed by atoms with Crippen LogP contribution in [0.4, 0.5) is 9.18 Å². The zero-order chi connectivity index (χ0) is 19.3. The normalized spacial score (nSPS) is 15.5. The zero-order valence-electron chi connectivity index (χ0n) is 14.7. The van der Waals surface area contributed by atoms with Crippen LogP contribution >= 0.6 is 0 Å². The van der Waals surface area contributed by atoms with Crippen LogP contribution in [-0.2, 0) is 10.0 Å². The summed E-state index contributed by atoms with van der Waals surface area (Å²) >= 11 is 0. The lowest BCUT2D eigenvalue weighted by Crippen LogP contribution is -2.42. The summed E-state index contributed by atoms with van der Waals surface area (Å²) in [5, 5.41) is 0. The Morgan fingerprint density at radius 1 is 1.07 bits per heavy atom. The van der Waals surface area contributed by atoms with Crippen molar-refractivity contribution in [3.05, 3.63) is 60.4 Å². The van der Waals surface area contributed by atoms with Crippen LogP contribution in [0.3, 0.4) is 0 Å². The van der Waals surface area contributed by atoms with Crippen molar-refractivity contribution in [3.63, 3.8) is 0 Å². The maximum Gasteiger partial charge on any atom is 0.415 e. The molecular weight excluding hydrogens is 371 g/mol. The maximum atomic E-state index is 12.9. The second kappa shape index (κ2) is 8.49. The van der Waals surface area contributed by atoms with E-state index in [0.29, 0.717) is 31.7 Å². The quantitative estimate of drug-likeness (QED) is 0.849. The number of carbonyl (C=O) groups is 1. The van der Waals surface area contributed by atoms with Crippen LogP contribution in [0.25, 0.3) is 0 Å². The number of carbonyl (C=O) groups excluding carboxylic acids is 1. The van der Waals surface area contributed by atoms with Gasteiger partial charge in [0, 0.05) is 19.6 Å². The van der Waals surface area contributed by atoms with E-state index in [1.165, 1.54) is 12.1 Å². The number of likely N-dealkylation sites (tertiary alicyclic amines) is 1. The summed E-state index contributed by atoms with van der Waals surface area (Å²) < 4.78 is 45.3. The Hall–Kier alpha value is -2.45. The first-order valence-corrected chi connectivity index (χ1v) is 10.2. The van der Waals surface area contributed by atoms with E-state index in [9.17, 15) is 17.6 Å². The molecule has 27 heavy (non-hydrogen) atoms. The van der Waals surface area contributed by atoms with E-state index in [2.05, 4.69) is 4.72 Å². The fourth-order valence-electron chi connectivity index (χ4n) is 2.90. The molecule has 0 aromatic heterocycles. The summed E-state index contributed by atoms with van der Waals surface area (Å²) in [5.41, 5.74) is 0. The third-order valence-electron chi connectivity index (χ3n) is 4.51. The summed E-state index contributed by atoms with van der Waals surface area (Å²) in [5.74, 6) is 0.140. The van der Waals surface area contributed by atoms with Crippen molar-refractivity contribution < 1.29 is 22.3 Å². The molecule has 0 unspecified atom stereocenters. The number of para-hydroxylation sites is 1. The van der Waals surface area contributed by atoms with Crippen molar-refractivity contribution in [2.75, 3.05) is 19.6 Å². The topological polar surface area (TPSA) is 75.7 Å². The molecule has 0 atom stereocenters. The molecule has 8 heteroatoms. The van der Waals surface area contributed by atoms with Gasteiger partial charge in [-0.1, -0.05) is 18.2 Å². The van der Waals surface area contributed by atoms with E-state index >= 15 is 0 Å². The van der Waals surface area contributed by atoms with Gasteiger partial charge in [-0.25, -0.2) is 22.3 Å². The van der Waals surface area contributed by atoms with Crippen molar-refractivity contribution in [3.8, 4) is 5.75 Å². The summed E-state index contributed by atoms with van der Waals surface area (Å²) in [4.78, 5) is 13.8. The average Bonchev–Trinajstić information content (AvgIpc) is 2.68. The molecule has 1 amide bonds. The highest BCUT2D eigenvalue weighted by atomic mass is 32.2. The highest BCUT2D eigenvalue weighted by Crippen LogP contribution is 2.19. The monoisotopic (exact) mass is 392 g/mol. The highest BCUT2D eigenvalue weighted by molar-refractivity contribution is 7.89. The molecule has 0 spiro atoms. The number of sulfonamides is 1. The molecule has 1 fully saturated rings. The van der Waals surface area contributed by atoms with Crippen LogP contribution in [0, 0.1) is 11.7 Å². The number of piperidine rings is 1. The minimum Gasteiger partial charge on any atom is -0.410 e. The third-order valence-corrected chi connectivity index (χ3v) is 5.95. The molecule has 2 aromatic carbocycles. The van der Waals surface area contributed by atoms with Gasteiger partial charge >= 0.3 is 6.09 Å². The number of halogens is 1. The first-order chi connectivity index (χ1) is 12.9. The molecule has 0 bridgehead atoms. The predicted molar refractivity (Wildman–Crippen MR) is 98.4 cm³/mol. The second-order valence-electron chi connectivity index (χ2n) is 6.42. The average molecular weight is 392 g/mol. The van der Waals surface area contributed by atoms with Gasteiger partial charge in [0.2, 0.25) is 10.0 Å². The maximum absolute atomic E-state index is 12.9. The smallest absolute Gasteiger partial charge is 0.410 e. The van der Waals surface area contributed by atoms with E-state index in [0.717, 1.165) is 12.1 Å². The van der Waals surface area contributed by atoms with Gasteiger partial charge in [-0.15, -0.1) is 0 Å². The Morgan fingerprint density at radius 3 is 2.33 bits per heavy atom. The van der Waals surface area contributed by atoms with Crippen LogP contribution < -0.4 is 9.46 Å². The van der Waals surface area contributed by atoms with E-state index in [4.69, 9.17) is 4.74 Å². The molecule has 0 radical (unpaired) electrons. The lowest BCUT2D eigenvalue weighted by molar-refractivity contribution is 0.131. The van der Waals surface area contributed by atoms with E-state index in [1.54, 1.807) is 29.2 Å². The first-order valence-electron chi connectivity index (χ1n) is 8.71. The van der Waals surface area contributed by atoms with Gasteiger partial charge in [0.25, 0.3) is 0 Å². The van der Waals surface area contributed by atoms with Crippen LogP contribution in [0.1, 0.15) is 12.8 Å². The summed E-state index contributed by atoms with van der Waals surface area (Å²) in [6, 6.07) is 13.6. The number of hydrogen-bond donors (Lipinski definition) is 1. The van der Waals surface area contributed by atoms with Crippen molar-refractivity contribution in [2.24, 2.45) is 5.92 Å². The SMILES string of the molecule is O=C(Oc1ccccc1)N1CCC(CNS(=O)(=O)c2ccc(F)cc2)CC1. The van der Waals surface area contributed by atoms with E-state index in [-0.39, 0.29) is 17.4 Å². The van der Waals surface area contributed by atoms with Crippen molar-refractivity contribution in [1.29, 1.82) is 0 Å². The lowest BCUT2D eigenvalue weighted by atomic mass is 9.97. The highest BCUT2D eigenvalue weighted by Gasteiger charge is 2.25. The molecule has 1 saturated heterocycles. The summed E-state index contributed by atoms with van der Waals surface area (Å²) in [6.45, 7) is 1.30. The van der Waals surface area contributed by atoms with Crippen molar-refractivity contribution >= 4 is 16.1 Å². The lowest BCUT2D eigenvalue weighted by Gasteiger charge is -2.31. The summed E-state index contributed by atoms with van der Waals surface area (Å²) in [7, 11) is -3.67. The van der Waals surface area contributed by atoms with Crippen LogP contribution in [0.2, 0.25) is 0 Å². The molecule has 6 nitrogen and oxygen atoms in total. The molecule has 0 aliphatic carbocycles. The van der Waals surface area contributed by atoms with Gasteiger partial charge in [0.15, 0.2) is 0 Å². The van der Waals surface area contributed by atoms with Crippen molar-refractivity contribution in [2.45, 2.75) is 17.7 Å². The van der Waals surface area contributed by atoms with Crippen LogP contribution in [0.5, 0.6) is 5.75 Å². The fourth-order valence-corrected chi connectivity index (χ4v) is 4.01. The van der Waals surface area contributed by atoms with Crippen molar-refractivity contribution in [1.82, 2.24) is 9.62 Å². The Morgan fingerprint density at radius 2 is 1.70 bits per heavy atom. The molecule has 2 aromatic rings. The molecule has 1 aliphatic rings. The molecule has 1 aliphatic heterocycles. The zero-order valence-corrected chi connectivity index (χ0v) is 15.5. The molecule has 0 saturated carbocycles. The number of hydrogen-bond acceptors (Lipinski definition) is 4. The predicted octanol–water partition coefficient (Wildman–Crippen LogP) is 3.02. The van der Waals surface area contributed by atoms with Gasteiger partial charge < -0.3 is 9.64 Å². The Kier molecular flexibility index (Phi) is 6.08. The van der Waals surface area contributed by atoms with E-state index in [1.807, 2.05) is 6.07 Å². The van der Waals surface area contributed by atoms with Crippen LogP contribution in [0.15, 0.2) is 59.5 Å². The Balaban J connectivity index is 1.46. The largest absolute Gasteiger partial charge is 0.415 e. The van der Waals surface area contributed by atoms with Crippen LogP contribution in [-0.4, -0.2) is 39.0 Å². The molecule has 144 valence electrons. The first kappa shape index (κ1) is 19.3. The standard InChI is InChI=1S/C19H21FN2O4S/c20-16-6-8-18(9-7-16)27(24,25)21-14-15-10-12-22(13-11-15)19(23)26-17-4-2-1-3-5-17/h1-9,15,21H,10-14H2. The number of nitrogens with zero attached hydrogens (tertiary/aromatic N) is 1. The van der Waals surface area contributed by atoms with Gasteiger partial charge in [0.1, 0.15) is 11.6 Å². The molecule has 3 rings (SSSR count). The number of ether oxygens (including phenoxy) is 1. The fraction of sp³-hybridized carbons (Fsp3) is 0.316. The Labute approximate surface area is 158 Å². The molecule has 1 heterocycles. The Bertz CT molecular complexity index is 864. The van der Waals surface area contributed by atoms with Gasteiger partial charge in [-0.3, -0.25) is 0 Å². The van der Waals surface area contributed by atoms with Gasteiger partial charge in [-0.05, 0) is 55.2 Å². The van der Waals surface area contributed by atoms with Gasteiger partial charge in [0.05, 0.1) is 4.90 Å². The summed E-state index contributed by atoms with van der Waals surface area (Å²) in [6.07, 6.45) is 0.956. The third kappa shape index (κ3) is 5.27. The molecular formula is C19H21FN2O4S. The number of amides is 1. The van der Waals surface area contributed by atoms with Gasteiger partial charge in [-0.2, -0.15) is 0 Å².